The number of sulfonamides is 1. The number of esters is 1. The molecule has 1 saturated heterocycles. The molecule has 0 aliphatic carbocycles. The van der Waals surface area contributed by atoms with Gasteiger partial charge in [0.1, 0.15) is 4.90 Å². The van der Waals surface area contributed by atoms with E-state index in [1.54, 1.807) is 31.2 Å². The van der Waals surface area contributed by atoms with Crippen molar-refractivity contribution in [2.75, 3.05) is 31.3 Å². The van der Waals surface area contributed by atoms with Crippen LogP contribution in [0.5, 0.6) is 0 Å². The second kappa shape index (κ2) is 10.0. The Kier molecular flexibility index (Phi) is 7.55. The van der Waals surface area contributed by atoms with Gasteiger partial charge >= 0.3 is 5.97 Å². The van der Waals surface area contributed by atoms with Crippen molar-refractivity contribution < 1.29 is 31.2 Å². The molecule has 0 radical (unpaired) electrons. The molecule has 1 fully saturated rings. The van der Waals surface area contributed by atoms with Crippen LogP contribution >= 0.6 is 0 Å². The summed E-state index contributed by atoms with van der Waals surface area (Å²) < 4.78 is 56.4. The molecule has 0 spiro atoms. The highest BCUT2D eigenvalue weighted by atomic mass is 32.2. The van der Waals surface area contributed by atoms with Crippen molar-refractivity contribution in [3.63, 3.8) is 0 Å². The summed E-state index contributed by atoms with van der Waals surface area (Å²) in [7, 11) is -7.75. The lowest BCUT2D eigenvalue weighted by atomic mass is 9.97. The average Bonchev–Trinajstić information content (AvgIpc) is 2.79. The molecular formula is C22H26N2O7S2. The summed E-state index contributed by atoms with van der Waals surface area (Å²) in [4.78, 5) is 23.9. The average molecular weight is 495 g/mol. The van der Waals surface area contributed by atoms with Gasteiger partial charge in [0.05, 0.1) is 17.1 Å². The second-order valence-corrected chi connectivity index (χ2v) is 11.6. The van der Waals surface area contributed by atoms with Crippen molar-refractivity contribution in [3.8, 4) is 0 Å². The van der Waals surface area contributed by atoms with E-state index in [4.69, 9.17) is 4.74 Å². The maximum absolute atomic E-state index is 13.1. The molecule has 1 aliphatic rings. The SMILES string of the molecule is CCOC(=O)c1ccc(NC(=O)C2CCN(S(=O)(=O)c3ccccc3S(C)(=O)=O)CC2)cc1. The molecule has 11 heteroatoms. The van der Waals surface area contributed by atoms with Gasteiger partial charge in [0, 0.05) is 31.0 Å². The third-order valence-corrected chi connectivity index (χ3v) is 8.60. The zero-order valence-electron chi connectivity index (χ0n) is 18.4. The van der Waals surface area contributed by atoms with Crippen molar-refractivity contribution in [1.29, 1.82) is 0 Å². The Bertz CT molecular complexity index is 1230. The number of nitrogens with zero attached hydrogens (tertiary/aromatic N) is 1. The molecule has 0 unspecified atom stereocenters. The summed E-state index contributed by atoms with van der Waals surface area (Å²) >= 11 is 0. The topological polar surface area (TPSA) is 127 Å². The third-order valence-electron chi connectivity index (χ3n) is 5.35. The monoisotopic (exact) mass is 494 g/mol. The lowest BCUT2D eigenvalue weighted by molar-refractivity contribution is -0.120. The smallest absolute Gasteiger partial charge is 0.338 e. The predicted octanol–water partition coefficient (Wildman–Crippen LogP) is 2.31. The first-order valence-corrected chi connectivity index (χ1v) is 13.7. The molecule has 1 amide bonds. The van der Waals surface area contributed by atoms with Gasteiger partial charge in [-0.2, -0.15) is 4.31 Å². The van der Waals surface area contributed by atoms with Crippen molar-refractivity contribution in [2.45, 2.75) is 29.6 Å². The summed E-state index contributed by atoms with van der Waals surface area (Å²) in [5, 5.41) is 2.79. The van der Waals surface area contributed by atoms with Gasteiger partial charge in [-0.05, 0) is 56.2 Å². The van der Waals surface area contributed by atoms with Crippen LogP contribution in [0.25, 0.3) is 0 Å². The Morgan fingerprint density at radius 1 is 0.970 bits per heavy atom. The van der Waals surface area contributed by atoms with Crippen molar-refractivity contribution in [2.24, 2.45) is 5.92 Å². The van der Waals surface area contributed by atoms with Crippen LogP contribution in [0.15, 0.2) is 58.3 Å². The van der Waals surface area contributed by atoms with E-state index >= 15 is 0 Å². The van der Waals surface area contributed by atoms with Crippen molar-refractivity contribution >= 4 is 37.4 Å². The Morgan fingerprint density at radius 2 is 1.55 bits per heavy atom. The number of benzene rings is 2. The van der Waals surface area contributed by atoms with Crippen LogP contribution < -0.4 is 5.32 Å². The van der Waals surface area contributed by atoms with Crippen LogP contribution in [0, 0.1) is 5.92 Å². The molecule has 0 atom stereocenters. The maximum Gasteiger partial charge on any atom is 0.338 e. The van der Waals surface area contributed by atoms with Gasteiger partial charge in [-0.3, -0.25) is 4.79 Å². The summed E-state index contributed by atoms with van der Waals surface area (Å²) in [6.07, 6.45) is 1.57. The van der Waals surface area contributed by atoms with Gasteiger partial charge in [-0.25, -0.2) is 21.6 Å². The van der Waals surface area contributed by atoms with Crippen LogP contribution in [0.1, 0.15) is 30.1 Å². The Balaban J connectivity index is 1.64. The zero-order valence-corrected chi connectivity index (χ0v) is 20.0. The van der Waals surface area contributed by atoms with E-state index in [2.05, 4.69) is 5.32 Å². The Labute approximate surface area is 193 Å². The number of ether oxygens (including phenoxy) is 1. The minimum atomic E-state index is -4.02. The summed E-state index contributed by atoms with van der Waals surface area (Å²) in [5.41, 5.74) is 0.896. The molecule has 1 aliphatic heterocycles. The Morgan fingerprint density at radius 3 is 2.09 bits per heavy atom. The number of carbonyl (C=O) groups is 2. The molecular weight excluding hydrogens is 468 g/mol. The van der Waals surface area contributed by atoms with Gasteiger partial charge in [0.25, 0.3) is 0 Å². The molecule has 1 N–H and O–H groups in total. The van der Waals surface area contributed by atoms with Gasteiger partial charge in [0.15, 0.2) is 9.84 Å². The van der Waals surface area contributed by atoms with Crippen LogP contribution in [0.4, 0.5) is 5.69 Å². The first kappa shape index (κ1) is 24.9. The minimum absolute atomic E-state index is 0.0975. The molecule has 2 aromatic rings. The van der Waals surface area contributed by atoms with E-state index in [0.29, 0.717) is 24.1 Å². The molecule has 9 nitrogen and oxygen atoms in total. The number of sulfone groups is 1. The maximum atomic E-state index is 13.1. The van der Waals surface area contributed by atoms with Crippen LogP contribution in [0.3, 0.4) is 0 Å². The first-order chi connectivity index (χ1) is 15.5. The largest absolute Gasteiger partial charge is 0.462 e. The molecule has 33 heavy (non-hydrogen) atoms. The summed E-state index contributed by atoms with van der Waals surface area (Å²) in [6.45, 7) is 2.18. The first-order valence-electron chi connectivity index (χ1n) is 10.4. The molecule has 0 saturated carbocycles. The molecule has 0 bridgehead atoms. The number of hydrogen-bond donors (Lipinski definition) is 1. The Hall–Kier alpha value is -2.76. The molecule has 0 aromatic heterocycles. The fourth-order valence-electron chi connectivity index (χ4n) is 3.62. The normalized spacial score (nSPS) is 15.7. The van der Waals surface area contributed by atoms with E-state index in [1.807, 2.05) is 0 Å². The fraction of sp³-hybridized carbons (Fsp3) is 0.364. The zero-order chi connectivity index (χ0) is 24.2. The van der Waals surface area contributed by atoms with Crippen LogP contribution in [0.2, 0.25) is 0 Å². The second-order valence-electron chi connectivity index (χ2n) is 7.68. The highest BCUT2D eigenvalue weighted by molar-refractivity contribution is 7.93. The van der Waals surface area contributed by atoms with Crippen LogP contribution in [-0.4, -0.2) is 59.0 Å². The predicted molar refractivity (Wildman–Crippen MR) is 122 cm³/mol. The van der Waals surface area contributed by atoms with E-state index in [9.17, 15) is 26.4 Å². The number of anilines is 1. The summed E-state index contributed by atoms with van der Waals surface area (Å²) in [5.74, 6) is -1.08. The molecule has 178 valence electrons. The molecule has 3 rings (SSSR count). The number of amides is 1. The fourth-order valence-corrected chi connectivity index (χ4v) is 6.69. The van der Waals surface area contributed by atoms with Crippen LogP contribution in [-0.2, 0) is 29.4 Å². The molecule has 2 aromatic carbocycles. The van der Waals surface area contributed by atoms with Gasteiger partial charge in [-0.1, -0.05) is 12.1 Å². The lowest BCUT2D eigenvalue weighted by Crippen LogP contribution is -2.41. The summed E-state index contributed by atoms with van der Waals surface area (Å²) in [6, 6.07) is 11.8. The standard InChI is InChI=1S/C22H26N2O7S2/c1-3-31-22(26)17-8-10-18(11-9-17)23-21(25)16-12-14-24(15-13-16)33(29,30)20-7-5-4-6-19(20)32(2,27)28/h4-11,16H,3,12-15H2,1-2H3,(H,23,25). The number of piperidine rings is 1. The lowest BCUT2D eigenvalue weighted by Gasteiger charge is -2.31. The number of carbonyl (C=O) groups excluding carboxylic acids is 2. The van der Waals surface area contributed by atoms with Gasteiger partial charge in [0.2, 0.25) is 15.9 Å². The highest BCUT2D eigenvalue weighted by Gasteiger charge is 2.34. The molecule has 1 heterocycles. The number of nitrogens with one attached hydrogen (secondary N) is 1. The highest BCUT2D eigenvalue weighted by Crippen LogP contribution is 2.28. The van der Waals surface area contributed by atoms with Crippen molar-refractivity contribution in [3.05, 3.63) is 54.1 Å². The van der Waals surface area contributed by atoms with E-state index < -0.39 is 31.7 Å². The minimum Gasteiger partial charge on any atom is -0.462 e. The van der Waals surface area contributed by atoms with E-state index in [-0.39, 0.29) is 35.4 Å². The van der Waals surface area contributed by atoms with Gasteiger partial charge < -0.3 is 10.1 Å². The number of rotatable bonds is 7. The van der Waals surface area contributed by atoms with E-state index in [0.717, 1.165) is 6.26 Å². The van der Waals surface area contributed by atoms with Crippen molar-refractivity contribution in [1.82, 2.24) is 4.31 Å². The third kappa shape index (κ3) is 5.79. The van der Waals surface area contributed by atoms with E-state index in [1.165, 1.54) is 28.6 Å². The van der Waals surface area contributed by atoms with Gasteiger partial charge in [-0.15, -0.1) is 0 Å². The number of hydrogen-bond acceptors (Lipinski definition) is 7. The quantitative estimate of drug-likeness (QED) is 0.585.